The Hall–Kier alpha value is -2.08. The van der Waals surface area contributed by atoms with Gasteiger partial charge in [-0.25, -0.2) is 4.79 Å². The van der Waals surface area contributed by atoms with Crippen molar-refractivity contribution in [3.63, 3.8) is 0 Å². The van der Waals surface area contributed by atoms with Crippen LogP contribution in [-0.2, 0) is 22.7 Å². The Morgan fingerprint density at radius 1 is 1.41 bits per heavy atom. The van der Waals surface area contributed by atoms with Crippen LogP contribution in [0.15, 0.2) is 24.3 Å². The van der Waals surface area contributed by atoms with Crippen molar-refractivity contribution in [2.24, 2.45) is 11.7 Å². The summed E-state index contributed by atoms with van der Waals surface area (Å²) in [7, 11) is 0. The lowest BCUT2D eigenvalue weighted by Gasteiger charge is -2.17. The summed E-state index contributed by atoms with van der Waals surface area (Å²) in [6.45, 7) is 4.65. The zero-order valence-electron chi connectivity index (χ0n) is 12.9. The van der Waals surface area contributed by atoms with E-state index in [4.69, 9.17) is 10.5 Å². The van der Waals surface area contributed by atoms with E-state index in [1.54, 1.807) is 4.90 Å². The molecule has 1 saturated heterocycles. The number of rotatable bonds is 6. The Morgan fingerprint density at radius 2 is 2.18 bits per heavy atom. The number of likely N-dealkylation sites (tertiary alicyclic amines) is 1. The lowest BCUT2D eigenvalue weighted by Crippen LogP contribution is -2.39. The molecule has 1 heterocycles. The first kappa shape index (κ1) is 16.3. The Balaban J connectivity index is 1.82. The number of primary amides is 1. The van der Waals surface area contributed by atoms with Crippen molar-refractivity contribution in [1.29, 1.82) is 0 Å². The van der Waals surface area contributed by atoms with Gasteiger partial charge >= 0.3 is 6.03 Å². The van der Waals surface area contributed by atoms with Gasteiger partial charge in [-0.05, 0) is 24.5 Å². The fourth-order valence-electron chi connectivity index (χ4n) is 2.52. The second-order valence-corrected chi connectivity index (χ2v) is 5.45. The minimum atomic E-state index is -0.334. The first-order valence-corrected chi connectivity index (χ1v) is 7.57. The van der Waals surface area contributed by atoms with Gasteiger partial charge in [0.05, 0.1) is 12.5 Å². The van der Waals surface area contributed by atoms with Crippen molar-refractivity contribution in [2.45, 2.75) is 26.5 Å². The number of hydrogen-bond acceptors (Lipinski definition) is 3. The van der Waals surface area contributed by atoms with Crippen LogP contribution in [0.3, 0.4) is 0 Å². The van der Waals surface area contributed by atoms with Crippen LogP contribution < -0.4 is 11.1 Å². The van der Waals surface area contributed by atoms with E-state index in [1.807, 2.05) is 31.2 Å². The van der Waals surface area contributed by atoms with E-state index < -0.39 is 0 Å². The van der Waals surface area contributed by atoms with Gasteiger partial charge in [-0.3, -0.25) is 4.79 Å². The van der Waals surface area contributed by atoms with E-state index in [1.165, 1.54) is 0 Å². The lowest BCUT2D eigenvalue weighted by molar-refractivity contribution is -0.121. The number of ether oxygens (including phenoxy) is 1. The number of amides is 3. The second-order valence-electron chi connectivity index (χ2n) is 5.45. The number of carbonyl (C=O) groups is 2. The van der Waals surface area contributed by atoms with Crippen molar-refractivity contribution in [3.8, 4) is 0 Å². The normalized spacial score (nSPS) is 17.5. The standard InChI is InChI=1S/C16H23N3O3/c1-2-22-11-13-5-3-4-12(8-13)9-18-16(21)19-7-6-14(10-19)15(17)20/h3-5,8,14H,2,6-7,9-11H2,1H3,(H2,17,20)(H,18,21). The molecule has 0 saturated carbocycles. The molecule has 0 aromatic heterocycles. The molecule has 1 atom stereocenters. The second kappa shape index (κ2) is 7.79. The minimum absolute atomic E-state index is 0.154. The molecular weight excluding hydrogens is 282 g/mol. The van der Waals surface area contributed by atoms with Gasteiger partial charge < -0.3 is 20.7 Å². The summed E-state index contributed by atoms with van der Waals surface area (Å²) in [4.78, 5) is 24.8. The number of nitrogens with one attached hydrogen (secondary N) is 1. The van der Waals surface area contributed by atoms with Gasteiger partial charge in [0.2, 0.25) is 5.91 Å². The molecule has 120 valence electrons. The molecule has 1 unspecified atom stereocenters. The molecular formula is C16H23N3O3. The van der Waals surface area contributed by atoms with E-state index >= 15 is 0 Å². The van der Waals surface area contributed by atoms with Gasteiger partial charge in [0.25, 0.3) is 0 Å². The van der Waals surface area contributed by atoms with Crippen molar-refractivity contribution in [1.82, 2.24) is 10.2 Å². The third kappa shape index (κ3) is 4.46. The Labute approximate surface area is 130 Å². The van der Waals surface area contributed by atoms with Crippen LogP contribution in [0.5, 0.6) is 0 Å². The predicted molar refractivity (Wildman–Crippen MR) is 82.9 cm³/mol. The summed E-state index contributed by atoms with van der Waals surface area (Å²) in [5.41, 5.74) is 7.38. The summed E-state index contributed by atoms with van der Waals surface area (Å²) < 4.78 is 5.38. The number of carbonyl (C=O) groups excluding carboxylic acids is 2. The van der Waals surface area contributed by atoms with Crippen molar-refractivity contribution in [2.75, 3.05) is 19.7 Å². The largest absolute Gasteiger partial charge is 0.377 e. The lowest BCUT2D eigenvalue weighted by atomic mass is 10.1. The molecule has 1 aromatic carbocycles. The zero-order chi connectivity index (χ0) is 15.9. The third-order valence-corrected chi connectivity index (χ3v) is 3.79. The van der Waals surface area contributed by atoms with Crippen LogP contribution in [0.1, 0.15) is 24.5 Å². The average Bonchev–Trinajstić information content (AvgIpc) is 3.01. The molecule has 0 spiro atoms. The quantitative estimate of drug-likeness (QED) is 0.829. The predicted octanol–water partition coefficient (Wildman–Crippen LogP) is 1.24. The van der Waals surface area contributed by atoms with E-state index in [0.29, 0.717) is 39.3 Å². The maximum atomic E-state index is 12.1. The molecule has 0 bridgehead atoms. The van der Waals surface area contributed by atoms with Crippen LogP contribution in [0.25, 0.3) is 0 Å². The van der Waals surface area contributed by atoms with Gasteiger partial charge in [-0.15, -0.1) is 0 Å². The summed E-state index contributed by atoms with van der Waals surface area (Å²) in [5.74, 6) is -0.556. The maximum Gasteiger partial charge on any atom is 0.317 e. The van der Waals surface area contributed by atoms with Crippen molar-refractivity contribution < 1.29 is 14.3 Å². The molecule has 6 heteroatoms. The first-order valence-electron chi connectivity index (χ1n) is 7.57. The summed E-state index contributed by atoms with van der Waals surface area (Å²) in [6, 6.07) is 7.78. The molecule has 3 amide bonds. The van der Waals surface area contributed by atoms with Crippen molar-refractivity contribution >= 4 is 11.9 Å². The average molecular weight is 305 g/mol. The van der Waals surface area contributed by atoms with Gasteiger partial charge in [-0.2, -0.15) is 0 Å². The number of nitrogens with zero attached hydrogens (tertiary/aromatic N) is 1. The Bertz CT molecular complexity index is 533. The fourth-order valence-corrected chi connectivity index (χ4v) is 2.52. The Morgan fingerprint density at radius 3 is 2.86 bits per heavy atom. The van der Waals surface area contributed by atoms with Crippen LogP contribution >= 0.6 is 0 Å². The summed E-state index contributed by atoms with van der Waals surface area (Å²) >= 11 is 0. The molecule has 1 aromatic rings. The molecule has 0 radical (unpaired) electrons. The smallest absolute Gasteiger partial charge is 0.317 e. The number of benzene rings is 1. The molecule has 6 nitrogen and oxygen atoms in total. The van der Waals surface area contributed by atoms with Gasteiger partial charge in [0.1, 0.15) is 0 Å². The maximum absolute atomic E-state index is 12.1. The Kier molecular flexibility index (Phi) is 5.77. The highest BCUT2D eigenvalue weighted by Gasteiger charge is 2.29. The molecule has 2 rings (SSSR count). The van der Waals surface area contributed by atoms with Gasteiger partial charge in [0.15, 0.2) is 0 Å². The highest BCUT2D eigenvalue weighted by Crippen LogP contribution is 2.15. The molecule has 1 aliphatic rings. The van der Waals surface area contributed by atoms with E-state index in [-0.39, 0.29) is 17.9 Å². The van der Waals surface area contributed by atoms with Crippen LogP contribution in [-0.4, -0.2) is 36.5 Å². The fraction of sp³-hybridized carbons (Fsp3) is 0.500. The number of hydrogen-bond donors (Lipinski definition) is 2. The highest BCUT2D eigenvalue weighted by molar-refractivity contribution is 5.80. The number of urea groups is 1. The monoisotopic (exact) mass is 305 g/mol. The molecule has 0 aliphatic carbocycles. The van der Waals surface area contributed by atoms with Gasteiger partial charge in [-0.1, -0.05) is 24.3 Å². The third-order valence-electron chi connectivity index (χ3n) is 3.79. The van der Waals surface area contributed by atoms with Crippen LogP contribution in [0.2, 0.25) is 0 Å². The molecule has 1 fully saturated rings. The molecule has 22 heavy (non-hydrogen) atoms. The molecule has 3 N–H and O–H groups in total. The first-order chi connectivity index (χ1) is 10.6. The van der Waals surface area contributed by atoms with E-state index in [0.717, 1.165) is 11.1 Å². The summed E-state index contributed by atoms with van der Waals surface area (Å²) in [6.07, 6.45) is 0.645. The number of nitrogens with two attached hydrogens (primary N) is 1. The van der Waals surface area contributed by atoms with Crippen LogP contribution in [0, 0.1) is 5.92 Å². The van der Waals surface area contributed by atoms with E-state index in [2.05, 4.69) is 5.32 Å². The topological polar surface area (TPSA) is 84.7 Å². The summed E-state index contributed by atoms with van der Waals surface area (Å²) in [5, 5.41) is 2.88. The highest BCUT2D eigenvalue weighted by atomic mass is 16.5. The SMILES string of the molecule is CCOCc1cccc(CNC(=O)N2CCC(C(N)=O)C2)c1. The molecule has 1 aliphatic heterocycles. The van der Waals surface area contributed by atoms with E-state index in [9.17, 15) is 9.59 Å². The minimum Gasteiger partial charge on any atom is -0.377 e. The van der Waals surface area contributed by atoms with Crippen LogP contribution in [0.4, 0.5) is 4.79 Å². The zero-order valence-corrected chi connectivity index (χ0v) is 12.9. The van der Waals surface area contributed by atoms with Crippen molar-refractivity contribution in [3.05, 3.63) is 35.4 Å². The van der Waals surface area contributed by atoms with Gasteiger partial charge in [0, 0.05) is 26.2 Å².